The Labute approximate surface area is 257 Å². The lowest BCUT2D eigenvalue weighted by Gasteiger charge is -2.36. The van der Waals surface area contributed by atoms with Gasteiger partial charge in [-0.25, -0.2) is 19.2 Å². The third-order valence-electron chi connectivity index (χ3n) is 7.52. The smallest absolute Gasteiger partial charge is 0.410 e. The molecule has 1 aromatic carbocycles. The van der Waals surface area contributed by atoms with E-state index >= 15 is 0 Å². The summed E-state index contributed by atoms with van der Waals surface area (Å²) in [7, 11) is 0. The van der Waals surface area contributed by atoms with Crippen LogP contribution in [0.1, 0.15) is 70.9 Å². The molecule has 0 saturated carbocycles. The Hall–Kier alpha value is -4.13. The number of piperazine rings is 1. The fourth-order valence-electron chi connectivity index (χ4n) is 5.17. The zero-order chi connectivity index (χ0) is 32.0. The third-order valence-corrected chi connectivity index (χ3v) is 7.52. The molecule has 1 unspecified atom stereocenters. The number of rotatable bonds is 11. The SMILES string of the molecule is CC(C)N(CCCCC(=O)O)Cc1cc(N=CC2C(=O)Nc3ncnc(N4CCN(C(=O)OC(C)(C)C)CC4)c32)ccc1F. The summed E-state index contributed by atoms with van der Waals surface area (Å²) < 4.78 is 20.3. The summed E-state index contributed by atoms with van der Waals surface area (Å²) in [6.07, 6.45) is 3.94. The number of carbonyl (C=O) groups excluding carboxylic acids is 2. The molecule has 13 heteroatoms. The molecule has 2 amide bonds. The van der Waals surface area contributed by atoms with Crippen LogP contribution in [0.5, 0.6) is 0 Å². The molecule has 0 radical (unpaired) electrons. The molecule has 3 heterocycles. The van der Waals surface area contributed by atoms with Crippen molar-refractivity contribution in [2.45, 2.75) is 78.0 Å². The number of carbonyl (C=O) groups is 3. The summed E-state index contributed by atoms with van der Waals surface area (Å²) >= 11 is 0. The summed E-state index contributed by atoms with van der Waals surface area (Å²) in [5, 5.41) is 11.7. The van der Waals surface area contributed by atoms with Crippen LogP contribution < -0.4 is 10.2 Å². The first-order valence-electron chi connectivity index (χ1n) is 15.0. The number of hydrogen-bond donors (Lipinski definition) is 2. The second-order valence-corrected chi connectivity index (χ2v) is 12.3. The molecule has 4 rings (SSSR count). The molecule has 2 N–H and O–H groups in total. The molecule has 44 heavy (non-hydrogen) atoms. The lowest BCUT2D eigenvalue weighted by Crippen LogP contribution is -2.50. The zero-order valence-corrected chi connectivity index (χ0v) is 26.0. The molecule has 1 atom stereocenters. The topological polar surface area (TPSA) is 141 Å². The van der Waals surface area contributed by atoms with Gasteiger partial charge in [-0.15, -0.1) is 0 Å². The summed E-state index contributed by atoms with van der Waals surface area (Å²) in [6.45, 7) is 12.4. The van der Waals surface area contributed by atoms with E-state index < -0.39 is 17.5 Å². The van der Waals surface area contributed by atoms with Gasteiger partial charge >= 0.3 is 12.1 Å². The minimum absolute atomic E-state index is 0.109. The molecule has 1 fully saturated rings. The van der Waals surface area contributed by atoms with Gasteiger partial charge in [0.25, 0.3) is 0 Å². The van der Waals surface area contributed by atoms with Gasteiger partial charge in [-0.3, -0.25) is 19.5 Å². The molecule has 1 aromatic heterocycles. The molecule has 2 aliphatic heterocycles. The average molecular weight is 612 g/mol. The van der Waals surface area contributed by atoms with Gasteiger partial charge in [0.15, 0.2) is 0 Å². The van der Waals surface area contributed by atoms with E-state index in [0.29, 0.717) is 80.6 Å². The minimum atomic E-state index is -0.823. The van der Waals surface area contributed by atoms with Crippen LogP contribution in [-0.4, -0.2) is 93.4 Å². The van der Waals surface area contributed by atoms with Gasteiger partial charge in [0.05, 0.1) is 11.3 Å². The highest BCUT2D eigenvalue weighted by atomic mass is 19.1. The van der Waals surface area contributed by atoms with Crippen molar-refractivity contribution in [3.8, 4) is 0 Å². The van der Waals surface area contributed by atoms with E-state index in [1.807, 2.05) is 39.5 Å². The van der Waals surface area contributed by atoms with E-state index in [2.05, 4.69) is 25.2 Å². The van der Waals surface area contributed by atoms with Gasteiger partial charge < -0.3 is 25.0 Å². The number of halogens is 1. The van der Waals surface area contributed by atoms with Crippen LogP contribution in [-0.2, 0) is 20.9 Å². The number of hydrogen-bond acceptors (Lipinski definition) is 9. The number of nitrogens with zero attached hydrogens (tertiary/aromatic N) is 6. The van der Waals surface area contributed by atoms with Crippen molar-refractivity contribution >= 4 is 41.5 Å². The first-order chi connectivity index (χ1) is 20.8. The predicted octanol–water partition coefficient (Wildman–Crippen LogP) is 4.58. The number of aliphatic imine (C=N–C) groups is 1. The van der Waals surface area contributed by atoms with Crippen molar-refractivity contribution in [1.82, 2.24) is 19.8 Å². The molecule has 1 saturated heterocycles. The standard InChI is InChI=1S/C31H42FN7O5/c1-20(2)39(11-7-6-8-25(40)41)18-21-16-22(9-10-24(21)32)33-17-23-26-27(36-29(23)42)34-19-35-28(26)37-12-14-38(15-13-37)30(43)44-31(3,4)5/h9-10,16-17,19-20,23H,6-8,11-15,18H2,1-5H3,(H,40,41)(H,34,35,36,42). The molecule has 2 aliphatic rings. The lowest BCUT2D eigenvalue weighted by molar-refractivity contribution is -0.137. The van der Waals surface area contributed by atoms with Crippen molar-refractivity contribution < 1.29 is 28.6 Å². The maximum Gasteiger partial charge on any atom is 0.410 e. The number of anilines is 2. The van der Waals surface area contributed by atoms with Crippen molar-refractivity contribution in [2.24, 2.45) is 4.99 Å². The van der Waals surface area contributed by atoms with Crippen LogP contribution >= 0.6 is 0 Å². The molecule has 2 aromatic rings. The molecule has 0 aliphatic carbocycles. The van der Waals surface area contributed by atoms with Crippen LogP contribution in [0.4, 0.5) is 26.5 Å². The Morgan fingerprint density at radius 3 is 2.59 bits per heavy atom. The number of fused-ring (bicyclic) bond motifs is 1. The van der Waals surface area contributed by atoms with E-state index in [4.69, 9.17) is 9.84 Å². The van der Waals surface area contributed by atoms with Gasteiger partial charge in [0.1, 0.15) is 35.3 Å². The van der Waals surface area contributed by atoms with E-state index in [1.54, 1.807) is 17.0 Å². The van der Waals surface area contributed by atoms with Crippen molar-refractivity contribution in [2.75, 3.05) is 42.9 Å². The molecular formula is C31H42FN7O5. The molecular weight excluding hydrogens is 569 g/mol. The zero-order valence-electron chi connectivity index (χ0n) is 26.0. The van der Waals surface area contributed by atoms with Crippen LogP contribution in [0.3, 0.4) is 0 Å². The predicted molar refractivity (Wildman–Crippen MR) is 165 cm³/mol. The Morgan fingerprint density at radius 2 is 1.93 bits per heavy atom. The van der Waals surface area contributed by atoms with Crippen LogP contribution in [0.25, 0.3) is 0 Å². The molecule has 12 nitrogen and oxygen atoms in total. The minimum Gasteiger partial charge on any atom is -0.481 e. The fraction of sp³-hybridized carbons (Fsp3) is 0.548. The number of carboxylic acids is 1. The van der Waals surface area contributed by atoms with Crippen LogP contribution in [0, 0.1) is 5.82 Å². The van der Waals surface area contributed by atoms with Crippen molar-refractivity contribution in [1.29, 1.82) is 0 Å². The maximum absolute atomic E-state index is 14.8. The van der Waals surface area contributed by atoms with Crippen LogP contribution in [0.2, 0.25) is 0 Å². The highest BCUT2D eigenvalue weighted by Crippen LogP contribution is 2.37. The van der Waals surface area contributed by atoms with E-state index in [1.165, 1.54) is 18.6 Å². The highest BCUT2D eigenvalue weighted by Gasteiger charge is 2.36. The average Bonchev–Trinajstić information content (AvgIpc) is 3.28. The van der Waals surface area contributed by atoms with Gasteiger partial charge in [-0.2, -0.15) is 0 Å². The van der Waals surface area contributed by atoms with Crippen molar-refractivity contribution in [3.05, 3.63) is 41.5 Å². The normalized spacial score (nSPS) is 17.0. The number of aliphatic carboxylic acids is 1. The summed E-state index contributed by atoms with van der Waals surface area (Å²) in [5.41, 5.74) is 1.00. The quantitative estimate of drug-likeness (QED) is 0.276. The van der Waals surface area contributed by atoms with E-state index in [-0.39, 0.29) is 30.3 Å². The van der Waals surface area contributed by atoms with Crippen molar-refractivity contribution in [3.63, 3.8) is 0 Å². The van der Waals surface area contributed by atoms with Gasteiger partial charge in [0.2, 0.25) is 5.91 Å². The monoisotopic (exact) mass is 611 g/mol. The van der Waals surface area contributed by atoms with E-state index in [9.17, 15) is 18.8 Å². The molecule has 0 bridgehead atoms. The Kier molecular flexibility index (Phi) is 10.5. The Balaban J connectivity index is 1.47. The summed E-state index contributed by atoms with van der Waals surface area (Å²) in [6, 6.07) is 4.74. The Morgan fingerprint density at radius 1 is 1.20 bits per heavy atom. The fourth-order valence-corrected chi connectivity index (χ4v) is 5.17. The second-order valence-electron chi connectivity index (χ2n) is 12.3. The number of nitrogens with one attached hydrogen (secondary N) is 1. The van der Waals surface area contributed by atoms with Gasteiger partial charge in [0, 0.05) is 57.0 Å². The summed E-state index contributed by atoms with van der Waals surface area (Å²) in [5.74, 6) is -1.20. The highest BCUT2D eigenvalue weighted by molar-refractivity contribution is 6.13. The first kappa shape index (κ1) is 32.8. The third kappa shape index (κ3) is 8.49. The maximum atomic E-state index is 14.8. The number of aromatic nitrogens is 2. The van der Waals surface area contributed by atoms with Crippen LogP contribution in [0.15, 0.2) is 29.5 Å². The molecule has 0 spiro atoms. The molecule has 238 valence electrons. The van der Waals surface area contributed by atoms with E-state index in [0.717, 1.165) is 0 Å². The Bertz CT molecular complexity index is 1390. The number of amides is 2. The number of benzene rings is 1. The number of ether oxygens (including phenoxy) is 1. The number of carboxylic acid groups (broad SMARTS) is 1. The largest absolute Gasteiger partial charge is 0.481 e. The lowest BCUT2D eigenvalue weighted by atomic mass is 10.0. The summed E-state index contributed by atoms with van der Waals surface area (Å²) in [4.78, 5) is 55.5. The number of unbranched alkanes of at least 4 members (excludes halogenated alkanes) is 1. The van der Waals surface area contributed by atoms with Gasteiger partial charge in [-0.05, 0) is 72.2 Å². The first-order valence-corrected chi connectivity index (χ1v) is 15.0. The van der Waals surface area contributed by atoms with Gasteiger partial charge in [-0.1, -0.05) is 0 Å². The second kappa shape index (κ2) is 14.1.